The number of ether oxygens (including phenoxy) is 1. The van der Waals surface area contributed by atoms with Crippen molar-refractivity contribution >= 4 is 33.0 Å². The number of rotatable bonds is 5. The average Bonchev–Trinajstić information content (AvgIpc) is 2.76. The van der Waals surface area contributed by atoms with Crippen LogP contribution in [0.2, 0.25) is 0 Å². The maximum Gasteiger partial charge on any atom is 0.282 e. The van der Waals surface area contributed by atoms with Gasteiger partial charge in [0.2, 0.25) is 0 Å². The van der Waals surface area contributed by atoms with Crippen molar-refractivity contribution in [2.45, 2.75) is 6.92 Å². The number of fused-ring (bicyclic) bond motifs is 1. The highest BCUT2D eigenvalue weighted by atomic mass is 79.9. The lowest BCUT2D eigenvalue weighted by Gasteiger charge is -2.10. The number of phenolic OH excluding ortho intramolecular Hbond substituents is 1. The first kappa shape index (κ1) is 19.8. The quantitative estimate of drug-likeness (QED) is 0.430. The van der Waals surface area contributed by atoms with Crippen molar-refractivity contribution in [3.63, 3.8) is 0 Å². The molecule has 0 unspecified atom stereocenters. The molecular weight excluding hydrogens is 446 g/mol. The smallest absolute Gasteiger partial charge is 0.282 e. The summed E-state index contributed by atoms with van der Waals surface area (Å²) in [5.74, 6) is 0.806. The van der Waals surface area contributed by atoms with E-state index < -0.39 is 0 Å². The number of aromatic nitrogens is 2. The standard InChI is InChI=1S/C23H18BrN3O3/c1-2-30-21-12-16(18(24)13-20(21)28)14-25-27-22(15-8-4-3-5-9-15)26-19-11-7-6-10-17(19)23(27)29/h3-14,28H,2H2,1H3. The molecule has 4 aromatic rings. The Morgan fingerprint density at radius 3 is 2.63 bits per heavy atom. The van der Waals surface area contributed by atoms with E-state index in [1.165, 1.54) is 17.0 Å². The van der Waals surface area contributed by atoms with E-state index in [-0.39, 0.29) is 11.3 Å². The second-order valence-electron chi connectivity index (χ2n) is 6.45. The summed E-state index contributed by atoms with van der Waals surface area (Å²) < 4.78 is 7.36. The summed E-state index contributed by atoms with van der Waals surface area (Å²) in [5.41, 5.74) is 1.76. The highest BCUT2D eigenvalue weighted by Crippen LogP contribution is 2.32. The van der Waals surface area contributed by atoms with E-state index >= 15 is 0 Å². The van der Waals surface area contributed by atoms with Gasteiger partial charge in [0.15, 0.2) is 17.3 Å². The van der Waals surface area contributed by atoms with Crippen LogP contribution in [0.3, 0.4) is 0 Å². The Kier molecular flexibility index (Phi) is 5.63. The van der Waals surface area contributed by atoms with Crippen molar-refractivity contribution in [1.82, 2.24) is 9.66 Å². The van der Waals surface area contributed by atoms with Crippen molar-refractivity contribution in [2.24, 2.45) is 5.10 Å². The lowest BCUT2D eigenvalue weighted by molar-refractivity contribution is 0.318. The lowest BCUT2D eigenvalue weighted by atomic mass is 10.2. The Balaban J connectivity index is 1.90. The summed E-state index contributed by atoms with van der Waals surface area (Å²) in [6, 6.07) is 19.8. The van der Waals surface area contributed by atoms with Crippen molar-refractivity contribution in [3.8, 4) is 22.9 Å². The molecule has 1 N–H and O–H groups in total. The van der Waals surface area contributed by atoms with Crippen LogP contribution in [0.25, 0.3) is 22.3 Å². The zero-order valence-corrected chi connectivity index (χ0v) is 17.7. The fourth-order valence-electron chi connectivity index (χ4n) is 3.05. The van der Waals surface area contributed by atoms with Crippen molar-refractivity contribution < 1.29 is 9.84 Å². The highest BCUT2D eigenvalue weighted by molar-refractivity contribution is 9.10. The van der Waals surface area contributed by atoms with Crippen molar-refractivity contribution in [2.75, 3.05) is 6.61 Å². The molecule has 3 aromatic carbocycles. The molecule has 0 atom stereocenters. The van der Waals surface area contributed by atoms with E-state index in [0.717, 1.165) is 5.56 Å². The van der Waals surface area contributed by atoms with Gasteiger partial charge in [-0.05, 0) is 47.1 Å². The first-order chi connectivity index (χ1) is 14.6. The van der Waals surface area contributed by atoms with Crippen LogP contribution in [0.15, 0.2) is 81.1 Å². The van der Waals surface area contributed by atoms with Crippen LogP contribution in [0.5, 0.6) is 11.5 Å². The third kappa shape index (κ3) is 3.84. The van der Waals surface area contributed by atoms with E-state index in [4.69, 9.17) is 4.74 Å². The van der Waals surface area contributed by atoms with Gasteiger partial charge in [-0.3, -0.25) is 4.79 Å². The van der Waals surface area contributed by atoms with Gasteiger partial charge in [0.1, 0.15) is 0 Å². The number of hydrogen-bond donors (Lipinski definition) is 1. The minimum absolute atomic E-state index is 0.0235. The fourth-order valence-corrected chi connectivity index (χ4v) is 3.49. The van der Waals surface area contributed by atoms with Gasteiger partial charge in [-0.25, -0.2) is 4.98 Å². The zero-order valence-electron chi connectivity index (χ0n) is 16.1. The number of aromatic hydroxyl groups is 1. The normalized spacial score (nSPS) is 11.3. The van der Waals surface area contributed by atoms with E-state index in [0.29, 0.717) is 39.1 Å². The Morgan fingerprint density at radius 1 is 1.13 bits per heavy atom. The number of nitrogens with zero attached hydrogens (tertiary/aromatic N) is 3. The van der Waals surface area contributed by atoms with Gasteiger partial charge in [0.05, 0.1) is 23.7 Å². The number of phenols is 1. The molecule has 0 saturated carbocycles. The van der Waals surface area contributed by atoms with Crippen LogP contribution in [0, 0.1) is 0 Å². The first-order valence-electron chi connectivity index (χ1n) is 9.35. The van der Waals surface area contributed by atoms with Gasteiger partial charge in [0.25, 0.3) is 5.56 Å². The van der Waals surface area contributed by atoms with Crippen LogP contribution < -0.4 is 10.3 Å². The Morgan fingerprint density at radius 2 is 1.87 bits per heavy atom. The number of para-hydroxylation sites is 1. The number of hydrogen-bond acceptors (Lipinski definition) is 5. The van der Waals surface area contributed by atoms with Gasteiger partial charge < -0.3 is 9.84 Å². The molecule has 0 saturated heterocycles. The summed E-state index contributed by atoms with van der Waals surface area (Å²) in [5, 5.41) is 14.9. The van der Waals surface area contributed by atoms with Crippen LogP contribution >= 0.6 is 15.9 Å². The van der Waals surface area contributed by atoms with Gasteiger partial charge >= 0.3 is 0 Å². The summed E-state index contributed by atoms with van der Waals surface area (Å²) in [6.45, 7) is 2.25. The van der Waals surface area contributed by atoms with Gasteiger partial charge in [-0.1, -0.05) is 42.5 Å². The Bertz CT molecular complexity index is 1300. The van der Waals surface area contributed by atoms with E-state index in [9.17, 15) is 9.90 Å². The SMILES string of the molecule is CCOc1cc(C=Nn2c(-c3ccccc3)nc3ccccc3c2=O)c(Br)cc1O. The van der Waals surface area contributed by atoms with Gasteiger partial charge in [0, 0.05) is 15.6 Å². The molecule has 150 valence electrons. The molecular formula is C23H18BrN3O3. The van der Waals surface area contributed by atoms with E-state index in [1.807, 2.05) is 49.4 Å². The molecule has 30 heavy (non-hydrogen) atoms. The predicted molar refractivity (Wildman–Crippen MR) is 121 cm³/mol. The molecule has 0 spiro atoms. The summed E-state index contributed by atoms with van der Waals surface area (Å²) in [6.07, 6.45) is 1.54. The molecule has 0 aliphatic rings. The number of halogens is 1. The maximum atomic E-state index is 13.2. The minimum atomic E-state index is -0.268. The first-order valence-corrected chi connectivity index (χ1v) is 10.1. The van der Waals surface area contributed by atoms with E-state index in [2.05, 4.69) is 26.0 Å². The van der Waals surface area contributed by atoms with Gasteiger partial charge in [-0.2, -0.15) is 9.78 Å². The molecule has 4 rings (SSSR count). The minimum Gasteiger partial charge on any atom is -0.504 e. The van der Waals surface area contributed by atoms with Crippen LogP contribution in [0.4, 0.5) is 0 Å². The predicted octanol–water partition coefficient (Wildman–Crippen LogP) is 4.81. The zero-order chi connectivity index (χ0) is 21.1. The van der Waals surface area contributed by atoms with Crippen molar-refractivity contribution in [3.05, 3.63) is 87.1 Å². The Hall–Kier alpha value is -3.45. The second-order valence-corrected chi connectivity index (χ2v) is 7.31. The monoisotopic (exact) mass is 463 g/mol. The molecule has 0 radical (unpaired) electrons. The average molecular weight is 464 g/mol. The largest absolute Gasteiger partial charge is 0.504 e. The Labute approximate surface area is 181 Å². The van der Waals surface area contributed by atoms with E-state index in [1.54, 1.807) is 18.2 Å². The molecule has 1 aromatic heterocycles. The van der Waals surface area contributed by atoms with Gasteiger partial charge in [-0.15, -0.1) is 0 Å². The molecule has 1 heterocycles. The lowest BCUT2D eigenvalue weighted by Crippen LogP contribution is -2.20. The second kappa shape index (κ2) is 8.51. The summed E-state index contributed by atoms with van der Waals surface area (Å²) >= 11 is 3.42. The third-order valence-corrected chi connectivity index (χ3v) is 5.16. The fraction of sp³-hybridized carbons (Fsp3) is 0.0870. The molecule has 0 aliphatic carbocycles. The number of benzene rings is 3. The van der Waals surface area contributed by atoms with Crippen LogP contribution in [-0.4, -0.2) is 27.6 Å². The summed E-state index contributed by atoms with van der Waals surface area (Å²) in [4.78, 5) is 17.9. The molecule has 0 aliphatic heterocycles. The molecule has 0 bridgehead atoms. The molecule has 7 heteroatoms. The third-order valence-electron chi connectivity index (χ3n) is 4.48. The van der Waals surface area contributed by atoms with Crippen LogP contribution in [-0.2, 0) is 0 Å². The molecule has 0 amide bonds. The topological polar surface area (TPSA) is 76.7 Å². The highest BCUT2D eigenvalue weighted by Gasteiger charge is 2.13. The molecule has 6 nitrogen and oxygen atoms in total. The summed E-state index contributed by atoms with van der Waals surface area (Å²) in [7, 11) is 0. The molecule has 0 fully saturated rings. The van der Waals surface area contributed by atoms with Crippen LogP contribution in [0.1, 0.15) is 12.5 Å². The van der Waals surface area contributed by atoms with Crippen molar-refractivity contribution in [1.29, 1.82) is 0 Å². The maximum absolute atomic E-state index is 13.2.